The predicted octanol–water partition coefficient (Wildman–Crippen LogP) is 22.8. The Bertz CT molecular complexity index is 4920. The van der Waals surface area contributed by atoms with Gasteiger partial charge < -0.3 is 13.9 Å². The highest BCUT2D eigenvalue weighted by Gasteiger charge is 2.36. The number of anilines is 3. The van der Waals surface area contributed by atoms with Gasteiger partial charge in [-0.05, 0) is 164 Å². The Morgan fingerprint density at radius 2 is 0.741 bits per heavy atom. The van der Waals surface area contributed by atoms with Crippen molar-refractivity contribution >= 4 is 60.8 Å². The van der Waals surface area contributed by atoms with Gasteiger partial charge >= 0.3 is 0 Å². The number of furan rings is 1. The number of rotatable bonds is 9. The molecular formula is C82H60N2O. The van der Waals surface area contributed by atoms with Crippen LogP contribution >= 0.6 is 0 Å². The van der Waals surface area contributed by atoms with Crippen molar-refractivity contribution < 1.29 is 4.42 Å². The molecule has 0 atom stereocenters. The summed E-state index contributed by atoms with van der Waals surface area (Å²) in [5.74, 6) is 0. The highest BCUT2D eigenvalue weighted by atomic mass is 16.3. The van der Waals surface area contributed by atoms with Crippen LogP contribution in [0.4, 0.5) is 17.1 Å². The minimum absolute atomic E-state index is 0.125. The Labute approximate surface area is 496 Å². The van der Waals surface area contributed by atoms with Gasteiger partial charge in [0.05, 0.1) is 11.0 Å². The van der Waals surface area contributed by atoms with Crippen molar-refractivity contribution in [2.45, 2.75) is 26.2 Å². The van der Waals surface area contributed by atoms with Crippen molar-refractivity contribution in [3.8, 4) is 72.4 Å². The van der Waals surface area contributed by atoms with E-state index in [1.54, 1.807) is 0 Å². The summed E-state index contributed by atoms with van der Waals surface area (Å²) >= 11 is 0. The quantitative estimate of drug-likeness (QED) is 0.144. The van der Waals surface area contributed by atoms with E-state index in [-0.39, 0.29) is 5.41 Å². The lowest BCUT2D eigenvalue weighted by atomic mass is 9.82. The lowest BCUT2D eigenvalue weighted by Gasteiger charge is -2.28. The van der Waals surface area contributed by atoms with E-state index in [2.05, 4.69) is 321 Å². The second-order valence-corrected chi connectivity index (χ2v) is 22.9. The van der Waals surface area contributed by atoms with Crippen LogP contribution in [0.25, 0.3) is 116 Å². The Hall–Kier alpha value is -10.7. The van der Waals surface area contributed by atoms with Gasteiger partial charge in [-0.15, -0.1) is 0 Å². The van der Waals surface area contributed by atoms with Gasteiger partial charge in [0.2, 0.25) is 0 Å². The zero-order chi connectivity index (χ0) is 57.0. The average molecular weight is 1090 g/mol. The number of aryl methyl sites for hydroxylation is 1. The summed E-state index contributed by atoms with van der Waals surface area (Å²) in [7, 11) is 0. The molecule has 1 aliphatic rings. The van der Waals surface area contributed by atoms with E-state index in [9.17, 15) is 0 Å². The molecule has 0 fully saturated rings. The fourth-order valence-electron chi connectivity index (χ4n) is 13.0. The van der Waals surface area contributed by atoms with E-state index in [1.807, 2.05) is 18.2 Å². The zero-order valence-corrected chi connectivity index (χ0v) is 47.7. The van der Waals surface area contributed by atoms with Crippen molar-refractivity contribution in [2.24, 2.45) is 0 Å². The zero-order valence-electron chi connectivity index (χ0n) is 47.7. The van der Waals surface area contributed by atoms with Gasteiger partial charge in [0.25, 0.3) is 0 Å². The van der Waals surface area contributed by atoms with Crippen LogP contribution in [-0.2, 0) is 5.41 Å². The number of benzene rings is 13. The molecule has 404 valence electrons. The summed E-state index contributed by atoms with van der Waals surface area (Å²) in [5, 5.41) is 4.63. The molecule has 13 aromatic carbocycles. The minimum Gasteiger partial charge on any atom is -0.455 e. The molecule has 85 heavy (non-hydrogen) atoms. The molecule has 0 spiro atoms. The molecule has 3 nitrogen and oxygen atoms in total. The summed E-state index contributed by atoms with van der Waals surface area (Å²) in [4.78, 5) is 2.39. The molecule has 0 saturated carbocycles. The van der Waals surface area contributed by atoms with E-state index < -0.39 is 0 Å². The summed E-state index contributed by atoms with van der Waals surface area (Å²) < 4.78 is 9.25. The molecule has 0 unspecified atom stereocenters. The van der Waals surface area contributed by atoms with Crippen molar-refractivity contribution in [3.63, 3.8) is 0 Å². The van der Waals surface area contributed by atoms with Crippen molar-refractivity contribution in [1.82, 2.24) is 4.57 Å². The van der Waals surface area contributed by atoms with Gasteiger partial charge in [-0.25, -0.2) is 0 Å². The first-order chi connectivity index (χ1) is 41.8. The van der Waals surface area contributed by atoms with Gasteiger partial charge in [-0.3, -0.25) is 0 Å². The second-order valence-electron chi connectivity index (χ2n) is 22.9. The molecule has 2 aromatic heterocycles. The van der Waals surface area contributed by atoms with Crippen LogP contribution in [-0.4, -0.2) is 4.57 Å². The second kappa shape index (κ2) is 21.2. The summed E-state index contributed by atoms with van der Waals surface area (Å²) in [6.45, 7) is 6.78. The molecule has 0 amide bonds. The van der Waals surface area contributed by atoms with Crippen LogP contribution in [0.1, 0.15) is 30.5 Å². The first-order valence-electron chi connectivity index (χ1n) is 29.4. The van der Waals surface area contributed by atoms with Crippen LogP contribution < -0.4 is 4.90 Å². The lowest BCUT2D eigenvalue weighted by Crippen LogP contribution is -2.16. The van der Waals surface area contributed by atoms with Gasteiger partial charge in [-0.2, -0.15) is 0 Å². The third-order valence-corrected chi connectivity index (χ3v) is 17.4. The highest BCUT2D eigenvalue weighted by molar-refractivity contribution is 6.13. The maximum atomic E-state index is 6.84. The number of para-hydroxylation sites is 1. The normalized spacial score (nSPS) is 12.3. The lowest BCUT2D eigenvalue weighted by molar-refractivity contribution is 0.660. The van der Waals surface area contributed by atoms with E-state index in [4.69, 9.17) is 4.42 Å². The largest absolute Gasteiger partial charge is 0.455 e. The Kier molecular flexibility index (Phi) is 12.8. The monoisotopic (exact) mass is 1090 g/mol. The average Bonchev–Trinajstić information content (AvgIpc) is 2.59. The highest BCUT2D eigenvalue weighted by Crippen LogP contribution is 2.51. The van der Waals surface area contributed by atoms with Crippen LogP contribution in [0.5, 0.6) is 0 Å². The SMILES string of the molecule is CC1(C)c2ccccc2-c2ccc(N(c3ccc(-c4ccccc4)cc3)c3ccc(-c4cccc5c4oc4ccc(-c6ccc7c(c6)c6cc(-c8ccccc8)ccc6n7-c6ccc(-c7ccccc7)cc6)cc45)cc3)cc21.Cc1ccccc1. The maximum Gasteiger partial charge on any atom is 0.143 e. The molecule has 0 aliphatic heterocycles. The van der Waals surface area contributed by atoms with E-state index in [1.165, 1.54) is 83.0 Å². The van der Waals surface area contributed by atoms with Crippen molar-refractivity contribution in [2.75, 3.05) is 4.90 Å². The number of nitrogens with zero attached hydrogens (tertiary/aromatic N) is 2. The Morgan fingerprint density at radius 1 is 0.306 bits per heavy atom. The fourth-order valence-corrected chi connectivity index (χ4v) is 13.0. The van der Waals surface area contributed by atoms with Crippen LogP contribution in [0.15, 0.2) is 314 Å². The third-order valence-electron chi connectivity index (χ3n) is 17.4. The van der Waals surface area contributed by atoms with Crippen molar-refractivity contribution in [1.29, 1.82) is 0 Å². The third kappa shape index (κ3) is 9.28. The smallest absolute Gasteiger partial charge is 0.143 e. The number of hydrogen-bond acceptors (Lipinski definition) is 2. The Balaban J connectivity index is 0.000000819. The molecule has 3 heteroatoms. The van der Waals surface area contributed by atoms with Crippen LogP contribution in [0.2, 0.25) is 0 Å². The van der Waals surface area contributed by atoms with Gasteiger partial charge in [-0.1, -0.05) is 244 Å². The van der Waals surface area contributed by atoms with Crippen LogP contribution in [0.3, 0.4) is 0 Å². The van der Waals surface area contributed by atoms with Gasteiger partial charge in [0, 0.05) is 55.3 Å². The fraction of sp³-hybridized carbons (Fsp3) is 0.0488. The molecule has 15 aromatic rings. The minimum atomic E-state index is -0.125. The van der Waals surface area contributed by atoms with E-state index in [0.29, 0.717) is 0 Å². The molecule has 0 radical (unpaired) electrons. The standard InChI is InChI=1S/C75H52N2O.C7H8/c1-75(2)69-24-13-12-21-63(69)64-41-40-61(48-70(64)75)76(58-34-25-52(26-35-58)49-15-6-3-7-16-49)59-38-29-54(30-39-59)62-22-14-23-65-68-47-57(33-44-73(68)78-74(62)65)56-32-43-72-67(46-56)66-45-55(51-19-10-5-11-20-51)31-42-71(66)77(72)60-36-27-53(28-37-60)50-17-8-4-9-18-50;1-7-5-3-2-4-6-7/h3-48H,1-2H3;2-6H,1H3. The predicted molar refractivity (Wildman–Crippen MR) is 359 cm³/mol. The molecule has 1 aliphatic carbocycles. The summed E-state index contributed by atoms with van der Waals surface area (Å²) in [5.41, 5.74) is 26.8. The molecule has 0 N–H and O–H groups in total. The summed E-state index contributed by atoms with van der Waals surface area (Å²) in [6.07, 6.45) is 0. The van der Waals surface area contributed by atoms with E-state index >= 15 is 0 Å². The molecule has 0 bridgehead atoms. The van der Waals surface area contributed by atoms with Gasteiger partial charge in [0.15, 0.2) is 0 Å². The Morgan fingerprint density at radius 3 is 1.32 bits per heavy atom. The van der Waals surface area contributed by atoms with Crippen molar-refractivity contribution in [3.05, 3.63) is 326 Å². The topological polar surface area (TPSA) is 21.3 Å². The molecule has 2 heterocycles. The first kappa shape index (κ1) is 51.2. The molecule has 0 saturated heterocycles. The summed E-state index contributed by atoms with van der Waals surface area (Å²) in [6, 6.07) is 112. The first-order valence-corrected chi connectivity index (χ1v) is 29.4. The number of aromatic nitrogens is 1. The number of fused-ring (bicyclic) bond motifs is 9. The van der Waals surface area contributed by atoms with Crippen LogP contribution in [0, 0.1) is 6.92 Å². The molecule has 16 rings (SSSR count). The van der Waals surface area contributed by atoms with Gasteiger partial charge in [0.1, 0.15) is 11.2 Å². The van der Waals surface area contributed by atoms with E-state index in [0.717, 1.165) is 66.9 Å². The maximum absolute atomic E-state index is 6.84. The molecular weight excluding hydrogens is 1030 g/mol. The number of hydrogen-bond donors (Lipinski definition) is 0.